The van der Waals surface area contributed by atoms with Gasteiger partial charge in [0, 0.05) is 23.5 Å². The average molecular weight is 341 g/mol. The van der Waals surface area contributed by atoms with E-state index in [0.717, 1.165) is 22.6 Å². The highest BCUT2D eigenvalue weighted by molar-refractivity contribution is 6.31. The van der Waals surface area contributed by atoms with Crippen LogP contribution in [0.3, 0.4) is 0 Å². The lowest BCUT2D eigenvalue weighted by Crippen LogP contribution is -2.06. The van der Waals surface area contributed by atoms with Gasteiger partial charge in [0.15, 0.2) is 5.65 Å². The molecule has 0 aliphatic rings. The molecule has 0 saturated heterocycles. The number of nitrogens with zero attached hydrogens (tertiary/aromatic N) is 3. The number of aromatic nitrogens is 3. The summed E-state index contributed by atoms with van der Waals surface area (Å²) in [6.07, 6.45) is 2.31. The van der Waals surface area contributed by atoms with E-state index in [1.54, 1.807) is 6.20 Å². The zero-order valence-corrected chi connectivity index (χ0v) is 13.3. The van der Waals surface area contributed by atoms with Crippen molar-refractivity contribution in [1.82, 2.24) is 14.5 Å². The topological polar surface area (TPSA) is 30.7 Å². The first kappa shape index (κ1) is 14.6. The van der Waals surface area contributed by atoms with Crippen LogP contribution in [0.1, 0.15) is 11.4 Å². The van der Waals surface area contributed by atoms with E-state index in [-0.39, 0.29) is 0 Å². The molecule has 21 heavy (non-hydrogen) atoms. The van der Waals surface area contributed by atoms with Gasteiger partial charge in [-0.2, -0.15) is 0 Å². The number of imidazole rings is 1. The first-order valence-electron chi connectivity index (χ1n) is 6.48. The van der Waals surface area contributed by atoms with Gasteiger partial charge in [-0.05, 0) is 23.8 Å². The fraction of sp³-hybridized carbons (Fsp3) is 0.200. The van der Waals surface area contributed by atoms with Crippen LogP contribution in [-0.4, -0.2) is 20.4 Å². The molecule has 0 aliphatic carbocycles. The smallest absolute Gasteiger partial charge is 0.160 e. The lowest BCUT2D eigenvalue weighted by molar-refractivity contribution is 0.748. The van der Waals surface area contributed by atoms with Crippen LogP contribution in [0.2, 0.25) is 10.0 Å². The fourth-order valence-electron chi connectivity index (χ4n) is 2.29. The van der Waals surface area contributed by atoms with Gasteiger partial charge in [0.05, 0.1) is 11.6 Å². The second-order valence-corrected chi connectivity index (χ2v) is 5.93. The van der Waals surface area contributed by atoms with Crippen molar-refractivity contribution in [1.29, 1.82) is 0 Å². The molecule has 0 atom stereocenters. The summed E-state index contributed by atoms with van der Waals surface area (Å²) >= 11 is 17.9. The van der Waals surface area contributed by atoms with Gasteiger partial charge in [-0.25, -0.2) is 9.97 Å². The number of halogens is 3. The van der Waals surface area contributed by atoms with E-state index in [1.165, 1.54) is 0 Å². The normalized spacial score (nSPS) is 11.2. The van der Waals surface area contributed by atoms with E-state index in [1.807, 2.05) is 30.3 Å². The van der Waals surface area contributed by atoms with Crippen molar-refractivity contribution in [3.8, 4) is 0 Å². The minimum atomic E-state index is 0.507. The van der Waals surface area contributed by atoms with Crippen LogP contribution in [0.4, 0.5) is 0 Å². The second kappa shape index (κ2) is 6.22. The van der Waals surface area contributed by atoms with Gasteiger partial charge in [0.25, 0.3) is 0 Å². The molecule has 1 aromatic carbocycles. The molecular formula is C15H12Cl3N3. The molecule has 0 bridgehead atoms. The molecule has 3 rings (SSSR count). The number of hydrogen-bond donors (Lipinski definition) is 0. The summed E-state index contributed by atoms with van der Waals surface area (Å²) < 4.78 is 2.06. The molecule has 2 aromatic heterocycles. The number of fused-ring (bicyclic) bond motifs is 1. The molecule has 3 nitrogen and oxygen atoms in total. The van der Waals surface area contributed by atoms with Crippen molar-refractivity contribution in [3.05, 3.63) is 58.0 Å². The van der Waals surface area contributed by atoms with Gasteiger partial charge in [0.2, 0.25) is 0 Å². The Hall–Kier alpha value is -1.29. The predicted molar refractivity (Wildman–Crippen MR) is 87.5 cm³/mol. The monoisotopic (exact) mass is 339 g/mol. The standard InChI is InChI=1S/C15H12Cl3N3/c16-5-4-14-20-13-7-12(18)8-19-15(13)21(14)9-10-2-1-3-11(17)6-10/h1-3,6-8H,4-5,9H2. The van der Waals surface area contributed by atoms with Crippen molar-refractivity contribution >= 4 is 46.0 Å². The van der Waals surface area contributed by atoms with Gasteiger partial charge in [-0.3, -0.25) is 0 Å². The van der Waals surface area contributed by atoms with Crippen LogP contribution in [0.15, 0.2) is 36.5 Å². The Morgan fingerprint density at radius 1 is 1.10 bits per heavy atom. The molecule has 0 radical (unpaired) electrons. The molecule has 3 aromatic rings. The molecule has 0 amide bonds. The minimum Gasteiger partial charge on any atom is -0.308 e. The molecular weight excluding hydrogens is 329 g/mol. The number of alkyl halides is 1. The van der Waals surface area contributed by atoms with E-state index < -0.39 is 0 Å². The Kier molecular flexibility index (Phi) is 4.34. The van der Waals surface area contributed by atoms with Crippen LogP contribution >= 0.6 is 34.8 Å². The van der Waals surface area contributed by atoms with E-state index in [2.05, 4.69) is 14.5 Å². The second-order valence-electron chi connectivity index (χ2n) is 4.68. The molecule has 0 unspecified atom stereocenters. The van der Waals surface area contributed by atoms with Crippen LogP contribution in [0.5, 0.6) is 0 Å². The summed E-state index contributed by atoms with van der Waals surface area (Å²) in [7, 11) is 0. The number of pyridine rings is 1. The predicted octanol–water partition coefficient (Wildman–Crippen LogP) is 4.57. The summed E-state index contributed by atoms with van der Waals surface area (Å²) in [5, 5.41) is 1.29. The minimum absolute atomic E-state index is 0.507. The van der Waals surface area contributed by atoms with E-state index in [4.69, 9.17) is 34.8 Å². The molecule has 2 heterocycles. The maximum absolute atomic E-state index is 6.05. The zero-order valence-electron chi connectivity index (χ0n) is 11.1. The van der Waals surface area contributed by atoms with Crippen molar-refractivity contribution in [2.24, 2.45) is 0 Å². The molecule has 0 aliphatic heterocycles. The van der Waals surface area contributed by atoms with Crippen LogP contribution in [0.25, 0.3) is 11.2 Å². The summed E-state index contributed by atoms with van der Waals surface area (Å²) in [5.41, 5.74) is 2.68. The van der Waals surface area contributed by atoms with E-state index >= 15 is 0 Å². The molecule has 108 valence electrons. The fourth-order valence-corrected chi connectivity index (χ4v) is 2.83. The van der Waals surface area contributed by atoms with Crippen molar-refractivity contribution in [2.75, 3.05) is 5.88 Å². The highest BCUT2D eigenvalue weighted by atomic mass is 35.5. The third-order valence-electron chi connectivity index (χ3n) is 3.18. The SMILES string of the molecule is ClCCc1nc2cc(Cl)cnc2n1Cc1cccc(Cl)c1. The number of hydrogen-bond acceptors (Lipinski definition) is 2. The van der Waals surface area contributed by atoms with Gasteiger partial charge < -0.3 is 4.57 Å². The first-order chi connectivity index (χ1) is 10.2. The number of rotatable bonds is 4. The number of benzene rings is 1. The van der Waals surface area contributed by atoms with Crippen LogP contribution < -0.4 is 0 Å². The maximum atomic E-state index is 6.05. The highest BCUT2D eigenvalue weighted by Gasteiger charge is 2.12. The largest absolute Gasteiger partial charge is 0.308 e. The van der Waals surface area contributed by atoms with Crippen LogP contribution in [0, 0.1) is 0 Å². The van der Waals surface area contributed by atoms with Gasteiger partial charge in [0.1, 0.15) is 11.3 Å². The van der Waals surface area contributed by atoms with Crippen molar-refractivity contribution in [3.63, 3.8) is 0 Å². The Balaban J connectivity index is 2.08. The van der Waals surface area contributed by atoms with Crippen molar-refractivity contribution < 1.29 is 0 Å². The lowest BCUT2D eigenvalue weighted by atomic mass is 10.2. The molecule has 0 saturated carbocycles. The zero-order chi connectivity index (χ0) is 14.8. The maximum Gasteiger partial charge on any atom is 0.160 e. The summed E-state index contributed by atoms with van der Waals surface area (Å²) in [6.45, 7) is 0.651. The Morgan fingerprint density at radius 3 is 2.71 bits per heavy atom. The quantitative estimate of drug-likeness (QED) is 0.651. The molecule has 0 spiro atoms. The highest BCUT2D eigenvalue weighted by Crippen LogP contribution is 2.21. The third kappa shape index (κ3) is 3.15. The molecule has 0 N–H and O–H groups in total. The molecule has 6 heteroatoms. The molecule has 0 fully saturated rings. The Labute approximate surface area is 137 Å². The van der Waals surface area contributed by atoms with E-state index in [0.29, 0.717) is 28.9 Å². The van der Waals surface area contributed by atoms with Gasteiger partial charge in [-0.15, -0.1) is 11.6 Å². The summed E-state index contributed by atoms with van der Waals surface area (Å²) in [4.78, 5) is 8.98. The third-order valence-corrected chi connectivity index (χ3v) is 3.81. The lowest BCUT2D eigenvalue weighted by Gasteiger charge is -2.08. The Bertz CT molecular complexity index is 783. The Morgan fingerprint density at radius 2 is 1.95 bits per heavy atom. The van der Waals surface area contributed by atoms with E-state index in [9.17, 15) is 0 Å². The summed E-state index contributed by atoms with van der Waals surface area (Å²) in [5.74, 6) is 1.40. The average Bonchev–Trinajstić information content (AvgIpc) is 2.76. The van der Waals surface area contributed by atoms with Crippen molar-refractivity contribution in [2.45, 2.75) is 13.0 Å². The van der Waals surface area contributed by atoms with Gasteiger partial charge >= 0.3 is 0 Å². The van der Waals surface area contributed by atoms with Gasteiger partial charge in [-0.1, -0.05) is 35.3 Å². The summed E-state index contributed by atoms with van der Waals surface area (Å²) in [6, 6.07) is 9.57. The van der Waals surface area contributed by atoms with Crippen LogP contribution in [-0.2, 0) is 13.0 Å². The first-order valence-corrected chi connectivity index (χ1v) is 7.77. The number of aryl methyl sites for hydroxylation is 1.